The maximum atomic E-state index is 11.5. The van der Waals surface area contributed by atoms with Crippen LogP contribution in [-0.2, 0) is 0 Å². The van der Waals surface area contributed by atoms with Crippen LogP contribution >= 0.6 is 27.3 Å². The highest BCUT2D eigenvalue weighted by Gasteiger charge is 2.10. The van der Waals surface area contributed by atoms with E-state index >= 15 is 0 Å². The van der Waals surface area contributed by atoms with Gasteiger partial charge in [-0.2, -0.15) is 11.3 Å². The molecule has 0 saturated carbocycles. The standard InChI is InChI=1S/C9H6BrNO2S/c10-8-2-1-7(13-8)9(12)11-6-3-4-14-5-6/h1-5H,(H,11,12). The maximum Gasteiger partial charge on any atom is 0.291 e. The molecular weight excluding hydrogens is 266 g/mol. The zero-order chi connectivity index (χ0) is 9.97. The quantitative estimate of drug-likeness (QED) is 0.910. The van der Waals surface area contributed by atoms with Crippen LogP contribution in [0.1, 0.15) is 10.6 Å². The van der Waals surface area contributed by atoms with Crippen molar-refractivity contribution in [3.63, 3.8) is 0 Å². The summed E-state index contributed by atoms with van der Waals surface area (Å²) in [7, 11) is 0. The number of hydrogen-bond acceptors (Lipinski definition) is 3. The van der Waals surface area contributed by atoms with Gasteiger partial charge in [0.25, 0.3) is 5.91 Å². The molecule has 0 aromatic carbocycles. The smallest absolute Gasteiger partial charge is 0.291 e. The minimum Gasteiger partial charge on any atom is -0.444 e. The highest BCUT2D eigenvalue weighted by Crippen LogP contribution is 2.17. The van der Waals surface area contributed by atoms with Gasteiger partial charge in [0, 0.05) is 5.38 Å². The number of furan rings is 1. The van der Waals surface area contributed by atoms with Crippen LogP contribution in [0.2, 0.25) is 0 Å². The topological polar surface area (TPSA) is 42.2 Å². The summed E-state index contributed by atoms with van der Waals surface area (Å²) in [6.07, 6.45) is 0. The monoisotopic (exact) mass is 271 g/mol. The number of carbonyl (C=O) groups excluding carboxylic acids is 1. The van der Waals surface area contributed by atoms with Crippen molar-refractivity contribution in [3.8, 4) is 0 Å². The molecule has 0 aliphatic carbocycles. The van der Waals surface area contributed by atoms with Gasteiger partial charge in [0.05, 0.1) is 5.69 Å². The van der Waals surface area contributed by atoms with Crippen LogP contribution in [0, 0.1) is 0 Å². The molecule has 1 N–H and O–H groups in total. The number of thiophene rings is 1. The summed E-state index contributed by atoms with van der Waals surface area (Å²) >= 11 is 4.66. The second-order valence-corrected chi connectivity index (χ2v) is 4.13. The zero-order valence-electron chi connectivity index (χ0n) is 6.99. The summed E-state index contributed by atoms with van der Waals surface area (Å²) in [5.41, 5.74) is 0.785. The van der Waals surface area contributed by atoms with Gasteiger partial charge in [-0.1, -0.05) is 0 Å². The van der Waals surface area contributed by atoms with Gasteiger partial charge >= 0.3 is 0 Å². The zero-order valence-corrected chi connectivity index (χ0v) is 9.39. The van der Waals surface area contributed by atoms with Crippen molar-refractivity contribution in [2.45, 2.75) is 0 Å². The average molecular weight is 272 g/mol. The number of hydrogen-bond donors (Lipinski definition) is 1. The van der Waals surface area contributed by atoms with Gasteiger partial charge in [-0.25, -0.2) is 0 Å². The number of rotatable bonds is 2. The number of nitrogens with one attached hydrogen (secondary N) is 1. The van der Waals surface area contributed by atoms with Crippen molar-refractivity contribution in [3.05, 3.63) is 39.4 Å². The molecule has 0 spiro atoms. The van der Waals surface area contributed by atoms with Crippen LogP contribution in [0.15, 0.2) is 38.0 Å². The Morgan fingerprint density at radius 2 is 2.29 bits per heavy atom. The lowest BCUT2D eigenvalue weighted by Gasteiger charge is -1.97. The summed E-state index contributed by atoms with van der Waals surface area (Å²) in [4.78, 5) is 11.5. The van der Waals surface area contributed by atoms with E-state index in [4.69, 9.17) is 4.42 Å². The number of carbonyl (C=O) groups is 1. The largest absolute Gasteiger partial charge is 0.444 e. The van der Waals surface area contributed by atoms with Crippen molar-refractivity contribution in [2.24, 2.45) is 0 Å². The average Bonchev–Trinajstić information content (AvgIpc) is 2.75. The third-order valence-electron chi connectivity index (χ3n) is 1.58. The first-order valence-electron chi connectivity index (χ1n) is 3.84. The Bertz CT molecular complexity index is 435. The summed E-state index contributed by atoms with van der Waals surface area (Å²) in [6, 6.07) is 5.13. The second kappa shape index (κ2) is 3.98. The van der Waals surface area contributed by atoms with Gasteiger partial charge in [0.15, 0.2) is 10.4 Å². The van der Waals surface area contributed by atoms with Gasteiger partial charge in [0.1, 0.15) is 0 Å². The molecule has 5 heteroatoms. The van der Waals surface area contributed by atoms with E-state index in [2.05, 4.69) is 21.2 Å². The number of halogens is 1. The van der Waals surface area contributed by atoms with Crippen molar-refractivity contribution in [2.75, 3.05) is 5.32 Å². The van der Waals surface area contributed by atoms with Crippen LogP contribution in [-0.4, -0.2) is 5.91 Å². The molecule has 0 bridgehead atoms. The fourth-order valence-electron chi connectivity index (χ4n) is 0.965. The van der Waals surface area contributed by atoms with Gasteiger partial charge < -0.3 is 9.73 Å². The lowest BCUT2D eigenvalue weighted by molar-refractivity contribution is 0.0995. The molecule has 0 aliphatic rings. The summed E-state index contributed by atoms with van der Waals surface area (Å²) < 4.78 is 5.65. The molecule has 2 heterocycles. The minimum atomic E-state index is -0.242. The Hall–Kier alpha value is -1.07. The third-order valence-corrected chi connectivity index (χ3v) is 2.69. The Balaban J connectivity index is 2.10. The van der Waals surface area contributed by atoms with Crippen molar-refractivity contribution in [1.29, 1.82) is 0 Å². The van der Waals surface area contributed by atoms with E-state index in [1.807, 2.05) is 16.8 Å². The van der Waals surface area contributed by atoms with Gasteiger partial charge in [-0.3, -0.25) is 4.79 Å². The number of amides is 1. The SMILES string of the molecule is O=C(Nc1ccsc1)c1ccc(Br)o1. The molecule has 1 amide bonds. The molecule has 0 aliphatic heterocycles. The molecule has 2 aromatic heterocycles. The van der Waals surface area contributed by atoms with E-state index in [1.54, 1.807) is 12.1 Å². The molecule has 2 aromatic rings. The molecule has 0 fully saturated rings. The lowest BCUT2D eigenvalue weighted by atomic mass is 10.4. The van der Waals surface area contributed by atoms with Crippen LogP contribution in [0.5, 0.6) is 0 Å². The molecule has 2 rings (SSSR count). The molecule has 0 radical (unpaired) electrons. The number of anilines is 1. The van der Waals surface area contributed by atoms with E-state index < -0.39 is 0 Å². The van der Waals surface area contributed by atoms with Crippen LogP contribution < -0.4 is 5.32 Å². The fourth-order valence-corrected chi connectivity index (χ4v) is 1.86. The first-order chi connectivity index (χ1) is 6.75. The lowest BCUT2D eigenvalue weighted by Crippen LogP contribution is -2.09. The van der Waals surface area contributed by atoms with Crippen LogP contribution in [0.3, 0.4) is 0 Å². The Kier molecular flexibility index (Phi) is 2.69. The Morgan fingerprint density at radius 3 is 2.86 bits per heavy atom. The summed E-state index contributed by atoms with van der Waals surface area (Å²) in [5.74, 6) is 0.0529. The van der Waals surface area contributed by atoms with E-state index in [9.17, 15) is 4.79 Å². The van der Waals surface area contributed by atoms with E-state index in [0.29, 0.717) is 10.4 Å². The molecular formula is C9H6BrNO2S. The van der Waals surface area contributed by atoms with Crippen molar-refractivity contribution in [1.82, 2.24) is 0 Å². The molecule has 0 atom stereocenters. The summed E-state index contributed by atoms with van der Waals surface area (Å²) in [6.45, 7) is 0. The first kappa shape index (κ1) is 9.48. The van der Waals surface area contributed by atoms with Crippen LogP contribution in [0.4, 0.5) is 5.69 Å². The van der Waals surface area contributed by atoms with Crippen molar-refractivity contribution < 1.29 is 9.21 Å². The predicted octanol–water partition coefficient (Wildman–Crippen LogP) is 3.36. The minimum absolute atomic E-state index is 0.242. The van der Waals surface area contributed by atoms with Crippen molar-refractivity contribution >= 4 is 38.9 Å². The molecule has 72 valence electrons. The Labute approximate surface area is 92.9 Å². The van der Waals surface area contributed by atoms with Crippen LogP contribution in [0.25, 0.3) is 0 Å². The highest BCUT2D eigenvalue weighted by molar-refractivity contribution is 9.10. The normalized spacial score (nSPS) is 10.1. The van der Waals surface area contributed by atoms with E-state index in [1.165, 1.54) is 11.3 Å². The summed E-state index contributed by atoms with van der Waals surface area (Å²) in [5, 5.41) is 6.46. The van der Waals surface area contributed by atoms with Gasteiger partial charge in [-0.15, -0.1) is 0 Å². The highest BCUT2D eigenvalue weighted by atomic mass is 79.9. The Morgan fingerprint density at radius 1 is 1.43 bits per heavy atom. The van der Waals surface area contributed by atoms with E-state index in [-0.39, 0.29) is 5.91 Å². The molecule has 14 heavy (non-hydrogen) atoms. The fraction of sp³-hybridized carbons (Fsp3) is 0. The van der Waals surface area contributed by atoms with Gasteiger partial charge in [0.2, 0.25) is 0 Å². The molecule has 3 nitrogen and oxygen atoms in total. The van der Waals surface area contributed by atoms with E-state index in [0.717, 1.165) is 5.69 Å². The second-order valence-electron chi connectivity index (χ2n) is 2.57. The predicted molar refractivity (Wildman–Crippen MR) is 58.7 cm³/mol. The first-order valence-corrected chi connectivity index (χ1v) is 5.58. The maximum absolute atomic E-state index is 11.5. The van der Waals surface area contributed by atoms with Gasteiger partial charge in [-0.05, 0) is 39.5 Å². The third kappa shape index (κ3) is 2.05. The molecule has 0 unspecified atom stereocenters. The molecule has 0 saturated heterocycles.